The molecule has 0 spiro atoms. The standard InChI is InChI=1S/C14H13N5O/c1-9-5-12(7-15-6-9)16-14(20)11-3-4-13-18-17-10(2)19(13)8-11/h3-8H,1-2H3,(H,16,20). The molecule has 6 nitrogen and oxygen atoms in total. The van der Waals surface area contributed by atoms with Gasteiger partial charge >= 0.3 is 0 Å². The molecule has 0 atom stereocenters. The van der Waals surface area contributed by atoms with Gasteiger partial charge in [-0.3, -0.25) is 14.2 Å². The van der Waals surface area contributed by atoms with Crippen molar-refractivity contribution in [2.24, 2.45) is 0 Å². The highest BCUT2D eigenvalue weighted by molar-refractivity contribution is 6.04. The lowest BCUT2D eigenvalue weighted by Crippen LogP contribution is -2.13. The van der Waals surface area contributed by atoms with Crippen molar-refractivity contribution in [2.45, 2.75) is 13.8 Å². The summed E-state index contributed by atoms with van der Waals surface area (Å²) in [5, 5.41) is 10.8. The van der Waals surface area contributed by atoms with Crippen molar-refractivity contribution in [3.8, 4) is 0 Å². The van der Waals surface area contributed by atoms with Crippen molar-refractivity contribution in [2.75, 3.05) is 5.32 Å². The molecule has 0 saturated heterocycles. The van der Waals surface area contributed by atoms with Crippen LogP contribution in [0.5, 0.6) is 0 Å². The van der Waals surface area contributed by atoms with Gasteiger partial charge in [0.15, 0.2) is 5.65 Å². The summed E-state index contributed by atoms with van der Waals surface area (Å²) in [6, 6.07) is 5.36. The number of rotatable bonds is 2. The molecule has 3 aromatic heterocycles. The van der Waals surface area contributed by atoms with Crippen LogP contribution >= 0.6 is 0 Å². The van der Waals surface area contributed by atoms with E-state index in [1.807, 2.05) is 19.9 Å². The van der Waals surface area contributed by atoms with Crippen molar-refractivity contribution in [3.63, 3.8) is 0 Å². The molecule has 1 amide bonds. The molecule has 0 unspecified atom stereocenters. The van der Waals surface area contributed by atoms with Gasteiger partial charge in [0.05, 0.1) is 17.4 Å². The minimum Gasteiger partial charge on any atom is -0.321 e. The number of amides is 1. The van der Waals surface area contributed by atoms with Gasteiger partial charge in [-0.15, -0.1) is 10.2 Å². The second-order valence-electron chi connectivity index (χ2n) is 4.60. The van der Waals surface area contributed by atoms with E-state index in [-0.39, 0.29) is 5.91 Å². The molecule has 3 aromatic rings. The molecule has 3 heterocycles. The number of pyridine rings is 2. The number of fused-ring (bicyclic) bond motifs is 1. The van der Waals surface area contributed by atoms with Crippen LogP contribution in [0.4, 0.5) is 5.69 Å². The molecule has 20 heavy (non-hydrogen) atoms. The molecule has 0 aromatic carbocycles. The summed E-state index contributed by atoms with van der Waals surface area (Å²) < 4.78 is 1.78. The number of anilines is 1. The predicted molar refractivity (Wildman–Crippen MR) is 74.7 cm³/mol. The van der Waals surface area contributed by atoms with Gasteiger partial charge in [-0.2, -0.15) is 0 Å². The minimum absolute atomic E-state index is 0.188. The van der Waals surface area contributed by atoms with E-state index < -0.39 is 0 Å². The van der Waals surface area contributed by atoms with Gasteiger partial charge in [-0.25, -0.2) is 0 Å². The van der Waals surface area contributed by atoms with Crippen LogP contribution in [0.15, 0.2) is 36.8 Å². The Bertz CT molecular complexity index is 793. The zero-order chi connectivity index (χ0) is 14.1. The highest BCUT2D eigenvalue weighted by atomic mass is 16.1. The van der Waals surface area contributed by atoms with Gasteiger partial charge < -0.3 is 5.32 Å². The average molecular weight is 267 g/mol. The Balaban J connectivity index is 1.90. The molecule has 0 aliphatic rings. The minimum atomic E-state index is -0.188. The van der Waals surface area contributed by atoms with E-state index >= 15 is 0 Å². The molecule has 6 heteroatoms. The first-order valence-electron chi connectivity index (χ1n) is 6.18. The largest absolute Gasteiger partial charge is 0.321 e. The first kappa shape index (κ1) is 12.3. The summed E-state index contributed by atoms with van der Waals surface area (Å²) in [7, 11) is 0. The van der Waals surface area contributed by atoms with Gasteiger partial charge in [0.25, 0.3) is 5.91 Å². The number of hydrogen-bond acceptors (Lipinski definition) is 4. The Labute approximate surface area is 115 Å². The lowest BCUT2D eigenvalue weighted by molar-refractivity contribution is 0.102. The summed E-state index contributed by atoms with van der Waals surface area (Å²) in [5.41, 5.74) is 2.93. The fourth-order valence-electron chi connectivity index (χ4n) is 1.97. The Kier molecular flexibility index (Phi) is 2.90. The number of carbonyl (C=O) groups excluding carboxylic acids is 1. The van der Waals surface area contributed by atoms with Gasteiger partial charge in [-0.05, 0) is 37.6 Å². The molecular formula is C14H13N5O. The van der Waals surface area contributed by atoms with E-state index in [4.69, 9.17) is 0 Å². The third-order valence-electron chi connectivity index (χ3n) is 2.97. The Morgan fingerprint density at radius 2 is 2.05 bits per heavy atom. The zero-order valence-corrected chi connectivity index (χ0v) is 11.2. The molecule has 0 radical (unpaired) electrons. The second-order valence-corrected chi connectivity index (χ2v) is 4.60. The monoisotopic (exact) mass is 267 g/mol. The molecule has 100 valence electrons. The summed E-state index contributed by atoms with van der Waals surface area (Å²) in [6.07, 6.45) is 5.08. The zero-order valence-electron chi connectivity index (χ0n) is 11.2. The maximum absolute atomic E-state index is 12.2. The number of nitrogens with one attached hydrogen (secondary N) is 1. The Morgan fingerprint density at radius 3 is 2.85 bits per heavy atom. The van der Waals surface area contributed by atoms with Gasteiger partial charge in [0.1, 0.15) is 5.82 Å². The lowest BCUT2D eigenvalue weighted by atomic mass is 10.2. The quantitative estimate of drug-likeness (QED) is 0.770. The van der Waals surface area contributed by atoms with Crippen molar-refractivity contribution >= 4 is 17.2 Å². The van der Waals surface area contributed by atoms with Crippen molar-refractivity contribution in [1.82, 2.24) is 19.6 Å². The lowest BCUT2D eigenvalue weighted by Gasteiger charge is -2.06. The van der Waals surface area contributed by atoms with Crippen LogP contribution in [0.2, 0.25) is 0 Å². The number of aryl methyl sites for hydroxylation is 2. The van der Waals surface area contributed by atoms with Crippen LogP contribution < -0.4 is 5.32 Å². The highest BCUT2D eigenvalue weighted by Crippen LogP contribution is 2.11. The van der Waals surface area contributed by atoms with E-state index in [1.165, 1.54) is 0 Å². The molecule has 1 N–H and O–H groups in total. The number of carbonyl (C=O) groups is 1. The number of nitrogens with zero attached hydrogens (tertiary/aromatic N) is 4. The summed E-state index contributed by atoms with van der Waals surface area (Å²) in [4.78, 5) is 16.3. The molecule has 0 saturated carbocycles. The van der Waals surface area contributed by atoms with Gasteiger partial charge in [-0.1, -0.05) is 0 Å². The van der Waals surface area contributed by atoms with Crippen molar-refractivity contribution in [3.05, 3.63) is 53.7 Å². The molecular weight excluding hydrogens is 254 g/mol. The maximum atomic E-state index is 12.2. The number of aromatic nitrogens is 4. The highest BCUT2D eigenvalue weighted by Gasteiger charge is 2.09. The van der Waals surface area contributed by atoms with Crippen LogP contribution in [-0.2, 0) is 0 Å². The van der Waals surface area contributed by atoms with Crippen molar-refractivity contribution in [1.29, 1.82) is 0 Å². The summed E-state index contributed by atoms with van der Waals surface area (Å²) >= 11 is 0. The van der Waals surface area contributed by atoms with E-state index in [2.05, 4.69) is 20.5 Å². The van der Waals surface area contributed by atoms with Gasteiger partial charge in [0, 0.05) is 12.4 Å². The van der Waals surface area contributed by atoms with Crippen LogP contribution in [0.3, 0.4) is 0 Å². The first-order valence-corrected chi connectivity index (χ1v) is 6.18. The summed E-state index contributed by atoms with van der Waals surface area (Å²) in [5.74, 6) is 0.555. The van der Waals surface area contributed by atoms with E-state index in [0.29, 0.717) is 11.3 Å². The maximum Gasteiger partial charge on any atom is 0.257 e. The van der Waals surface area contributed by atoms with E-state index in [0.717, 1.165) is 17.0 Å². The predicted octanol–water partition coefficient (Wildman–Crippen LogP) is 1.99. The van der Waals surface area contributed by atoms with Crippen LogP contribution in [0.1, 0.15) is 21.7 Å². The second kappa shape index (κ2) is 4.73. The Morgan fingerprint density at radius 1 is 1.20 bits per heavy atom. The third-order valence-corrected chi connectivity index (χ3v) is 2.97. The SMILES string of the molecule is Cc1cncc(NC(=O)c2ccc3nnc(C)n3c2)c1. The average Bonchev–Trinajstić information content (AvgIpc) is 2.80. The number of hydrogen-bond donors (Lipinski definition) is 1. The normalized spacial score (nSPS) is 10.7. The fourth-order valence-corrected chi connectivity index (χ4v) is 1.97. The molecule has 0 bridgehead atoms. The van der Waals surface area contributed by atoms with Gasteiger partial charge in [0.2, 0.25) is 0 Å². The van der Waals surface area contributed by atoms with E-state index in [1.54, 1.807) is 35.1 Å². The Hall–Kier alpha value is -2.76. The third kappa shape index (κ3) is 2.23. The summed E-state index contributed by atoms with van der Waals surface area (Å²) in [6.45, 7) is 3.77. The van der Waals surface area contributed by atoms with Crippen molar-refractivity contribution < 1.29 is 4.79 Å². The smallest absolute Gasteiger partial charge is 0.257 e. The van der Waals surface area contributed by atoms with Crippen LogP contribution in [0.25, 0.3) is 5.65 Å². The van der Waals surface area contributed by atoms with E-state index in [9.17, 15) is 4.79 Å². The first-order chi connectivity index (χ1) is 9.63. The molecule has 0 fully saturated rings. The van der Waals surface area contributed by atoms with Crippen LogP contribution in [0, 0.1) is 13.8 Å². The molecule has 0 aliphatic heterocycles. The topological polar surface area (TPSA) is 72.2 Å². The fraction of sp³-hybridized carbons (Fsp3) is 0.143. The van der Waals surface area contributed by atoms with Crippen LogP contribution in [-0.4, -0.2) is 25.5 Å². The molecule has 3 rings (SSSR count). The molecule has 0 aliphatic carbocycles.